The number of carbonyl (C=O) groups excluding carboxylic acids is 1. The number of hydrogen-bond donors (Lipinski definition) is 2. The number of phenols is 1. The first-order chi connectivity index (χ1) is 7.20. The van der Waals surface area contributed by atoms with Crippen LogP contribution >= 0.6 is 0 Å². The molecule has 1 atom stereocenters. The molecule has 1 aromatic rings. The van der Waals surface area contributed by atoms with Gasteiger partial charge in [0.1, 0.15) is 5.75 Å². The predicted molar refractivity (Wildman–Crippen MR) is 54.5 cm³/mol. The number of morpholine rings is 1. The molecule has 1 aliphatic heterocycles. The van der Waals surface area contributed by atoms with Crippen molar-refractivity contribution >= 4 is 5.91 Å². The minimum absolute atomic E-state index is 0.144. The summed E-state index contributed by atoms with van der Waals surface area (Å²) in [5.74, 6) is 0.0458. The summed E-state index contributed by atoms with van der Waals surface area (Å²) in [5.41, 5.74) is 1.42. The zero-order valence-electron chi connectivity index (χ0n) is 8.49. The number of phenolic OH excluding ortho intramolecular Hbond substituents is 1. The molecule has 0 bridgehead atoms. The van der Waals surface area contributed by atoms with Gasteiger partial charge in [-0.25, -0.2) is 0 Å². The van der Waals surface area contributed by atoms with Crippen molar-refractivity contribution in [3.8, 4) is 5.75 Å². The van der Waals surface area contributed by atoms with Crippen molar-refractivity contribution in [1.82, 2.24) is 5.32 Å². The molecule has 1 saturated heterocycles. The summed E-state index contributed by atoms with van der Waals surface area (Å²) in [6.45, 7) is 2.83. The van der Waals surface area contributed by atoms with Crippen molar-refractivity contribution in [2.24, 2.45) is 0 Å². The Kier molecular flexibility index (Phi) is 2.60. The Balaban J connectivity index is 2.35. The van der Waals surface area contributed by atoms with Gasteiger partial charge in [0.05, 0.1) is 6.61 Å². The molecule has 15 heavy (non-hydrogen) atoms. The monoisotopic (exact) mass is 207 g/mol. The van der Waals surface area contributed by atoms with E-state index in [1.165, 1.54) is 0 Å². The topological polar surface area (TPSA) is 58.6 Å². The van der Waals surface area contributed by atoms with Crippen molar-refractivity contribution < 1.29 is 14.6 Å². The molecule has 2 rings (SSSR count). The zero-order valence-corrected chi connectivity index (χ0v) is 8.49. The lowest BCUT2D eigenvalue weighted by Crippen LogP contribution is -2.39. The average molecular weight is 207 g/mol. The third kappa shape index (κ3) is 1.80. The highest BCUT2D eigenvalue weighted by Crippen LogP contribution is 2.28. The van der Waals surface area contributed by atoms with E-state index in [0.717, 1.165) is 5.56 Å². The van der Waals surface area contributed by atoms with Crippen LogP contribution in [-0.4, -0.2) is 24.2 Å². The van der Waals surface area contributed by atoms with Crippen molar-refractivity contribution in [3.05, 3.63) is 29.3 Å². The lowest BCUT2D eigenvalue weighted by molar-refractivity contribution is -0.138. The average Bonchev–Trinajstić information content (AvgIpc) is 2.23. The molecule has 4 nitrogen and oxygen atoms in total. The van der Waals surface area contributed by atoms with E-state index in [1.807, 2.05) is 0 Å². The fraction of sp³-hybridized carbons (Fsp3) is 0.364. The molecule has 0 saturated carbocycles. The Bertz CT molecular complexity index is 389. The highest BCUT2D eigenvalue weighted by atomic mass is 16.5. The molecule has 1 fully saturated rings. The van der Waals surface area contributed by atoms with Gasteiger partial charge < -0.3 is 15.2 Å². The fourth-order valence-electron chi connectivity index (χ4n) is 1.68. The molecule has 80 valence electrons. The molecule has 0 spiro atoms. The summed E-state index contributed by atoms with van der Waals surface area (Å²) in [6, 6.07) is 5.10. The second-order valence-electron chi connectivity index (χ2n) is 3.53. The first-order valence-corrected chi connectivity index (χ1v) is 4.88. The van der Waals surface area contributed by atoms with Crippen molar-refractivity contribution in [2.75, 3.05) is 13.2 Å². The maximum Gasteiger partial charge on any atom is 0.253 e. The molecular weight excluding hydrogens is 194 g/mol. The number of carbonyl (C=O) groups is 1. The maximum atomic E-state index is 11.5. The van der Waals surface area contributed by atoms with Gasteiger partial charge in [-0.3, -0.25) is 4.79 Å². The molecule has 0 radical (unpaired) electrons. The first-order valence-electron chi connectivity index (χ1n) is 4.88. The lowest BCUT2D eigenvalue weighted by atomic mass is 10.0. The third-order valence-electron chi connectivity index (χ3n) is 2.55. The molecule has 0 aliphatic carbocycles. The SMILES string of the molecule is Cc1c(O)cccc1C1OCCNC1=O. The Morgan fingerprint density at radius 2 is 2.33 bits per heavy atom. The van der Waals surface area contributed by atoms with Gasteiger partial charge in [-0.15, -0.1) is 0 Å². The largest absolute Gasteiger partial charge is 0.508 e. The number of aromatic hydroxyl groups is 1. The summed E-state index contributed by atoms with van der Waals surface area (Å²) in [5, 5.41) is 12.3. The fourth-order valence-corrected chi connectivity index (χ4v) is 1.68. The van der Waals surface area contributed by atoms with E-state index in [1.54, 1.807) is 25.1 Å². The van der Waals surface area contributed by atoms with E-state index in [-0.39, 0.29) is 11.7 Å². The van der Waals surface area contributed by atoms with Gasteiger partial charge in [0, 0.05) is 6.54 Å². The standard InChI is InChI=1S/C11H13NO3/c1-7-8(3-2-4-9(7)13)10-11(14)12-5-6-15-10/h2-4,10,13H,5-6H2,1H3,(H,12,14). The Labute approximate surface area is 87.9 Å². The van der Waals surface area contributed by atoms with Gasteiger partial charge in [-0.1, -0.05) is 12.1 Å². The molecule has 1 heterocycles. The van der Waals surface area contributed by atoms with Crippen LogP contribution in [0.25, 0.3) is 0 Å². The predicted octanol–water partition coefficient (Wildman–Crippen LogP) is 0.888. The van der Waals surface area contributed by atoms with Crippen molar-refractivity contribution in [3.63, 3.8) is 0 Å². The highest BCUT2D eigenvalue weighted by molar-refractivity contribution is 5.83. The van der Waals surface area contributed by atoms with Gasteiger partial charge in [0.25, 0.3) is 5.91 Å². The van der Waals surface area contributed by atoms with Crippen LogP contribution in [-0.2, 0) is 9.53 Å². The summed E-state index contributed by atoms with van der Waals surface area (Å²) in [7, 11) is 0. The van der Waals surface area contributed by atoms with Crippen LogP contribution in [0.15, 0.2) is 18.2 Å². The molecule has 1 aromatic carbocycles. The molecule has 1 unspecified atom stereocenters. The smallest absolute Gasteiger partial charge is 0.253 e. The van der Waals surface area contributed by atoms with Crippen LogP contribution in [0.4, 0.5) is 0 Å². The van der Waals surface area contributed by atoms with Crippen LogP contribution in [0, 0.1) is 6.92 Å². The summed E-state index contributed by atoms with van der Waals surface area (Å²) >= 11 is 0. The van der Waals surface area contributed by atoms with Gasteiger partial charge in [0.2, 0.25) is 0 Å². The highest BCUT2D eigenvalue weighted by Gasteiger charge is 2.26. The van der Waals surface area contributed by atoms with Crippen LogP contribution in [0.2, 0.25) is 0 Å². The van der Waals surface area contributed by atoms with Crippen molar-refractivity contribution in [1.29, 1.82) is 0 Å². The first kappa shape index (κ1) is 9.98. The number of nitrogens with one attached hydrogen (secondary N) is 1. The summed E-state index contributed by atoms with van der Waals surface area (Å²) in [4.78, 5) is 11.5. The summed E-state index contributed by atoms with van der Waals surface area (Å²) < 4.78 is 5.39. The Morgan fingerprint density at radius 3 is 3.07 bits per heavy atom. The Morgan fingerprint density at radius 1 is 1.53 bits per heavy atom. The number of rotatable bonds is 1. The molecule has 2 N–H and O–H groups in total. The van der Waals surface area contributed by atoms with Crippen molar-refractivity contribution in [2.45, 2.75) is 13.0 Å². The van der Waals surface area contributed by atoms with E-state index in [4.69, 9.17) is 4.74 Å². The number of ether oxygens (including phenoxy) is 1. The number of benzene rings is 1. The summed E-state index contributed by atoms with van der Waals surface area (Å²) in [6.07, 6.45) is -0.592. The number of hydrogen-bond acceptors (Lipinski definition) is 3. The van der Waals surface area contributed by atoms with E-state index in [9.17, 15) is 9.90 Å². The third-order valence-corrected chi connectivity index (χ3v) is 2.55. The maximum absolute atomic E-state index is 11.5. The van der Waals surface area contributed by atoms with Gasteiger partial charge in [0.15, 0.2) is 6.10 Å². The molecular formula is C11H13NO3. The molecule has 0 aromatic heterocycles. The second-order valence-corrected chi connectivity index (χ2v) is 3.53. The quantitative estimate of drug-likeness (QED) is 0.719. The molecule has 1 amide bonds. The minimum Gasteiger partial charge on any atom is -0.508 e. The van der Waals surface area contributed by atoms with E-state index < -0.39 is 6.10 Å². The van der Waals surface area contributed by atoms with E-state index >= 15 is 0 Å². The van der Waals surface area contributed by atoms with Gasteiger partial charge >= 0.3 is 0 Å². The van der Waals surface area contributed by atoms with E-state index in [2.05, 4.69) is 5.32 Å². The van der Waals surface area contributed by atoms with Crippen LogP contribution in [0.5, 0.6) is 5.75 Å². The Hall–Kier alpha value is -1.55. The lowest BCUT2D eigenvalue weighted by Gasteiger charge is -2.24. The molecule has 4 heteroatoms. The van der Waals surface area contributed by atoms with Gasteiger partial charge in [-0.05, 0) is 24.1 Å². The normalized spacial score (nSPS) is 21.1. The van der Waals surface area contributed by atoms with Crippen LogP contribution in [0.3, 0.4) is 0 Å². The number of amides is 1. The van der Waals surface area contributed by atoms with E-state index in [0.29, 0.717) is 18.7 Å². The minimum atomic E-state index is -0.592. The van der Waals surface area contributed by atoms with Gasteiger partial charge in [-0.2, -0.15) is 0 Å². The zero-order chi connectivity index (χ0) is 10.8. The van der Waals surface area contributed by atoms with Crippen LogP contribution in [0.1, 0.15) is 17.2 Å². The second kappa shape index (κ2) is 3.90. The van der Waals surface area contributed by atoms with Crippen LogP contribution < -0.4 is 5.32 Å². The molecule has 1 aliphatic rings.